The molecule has 1 aromatic heterocycles. The van der Waals surface area contributed by atoms with E-state index in [1.54, 1.807) is 7.11 Å². The van der Waals surface area contributed by atoms with Gasteiger partial charge in [0.2, 0.25) is 11.7 Å². The quantitative estimate of drug-likeness (QED) is 0.915. The molecule has 2 N–H and O–H groups in total. The van der Waals surface area contributed by atoms with Crippen LogP contribution in [-0.2, 0) is 0 Å². The molecule has 1 heterocycles. The monoisotopic (exact) mass is 261 g/mol. The van der Waals surface area contributed by atoms with E-state index >= 15 is 0 Å². The van der Waals surface area contributed by atoms with Crippen molar-refractivity contribution in [3.63, 3.8) is 0 Å². The normalized spacial score (nSPS) is 12.7. The topological polar surface area (TPSA) is 74.2 Å². The molecule has 2 aromatic rings. The summed E-state index contributed by atoms with van der Waals surface area (Å²) in [5, 5.41) is 3.98. The second kappa shape index (κ2) is 5.40. The lowest BCUT2D eigenvalue weighted by molar-refractivity contribution is 0.325. The molecule has 0 amide bonds. The number of methoxy groups -OCH3 is 1. The Kier molecular flexibility index (Phi) is 3.85. The van der Waals surface area contributed by atoms with Crippen LogP contribution in [0.2, 0.25) is 0 Å². The van der Waals surface area contributed by atoms with E-state index in [0.717, 1.165) is 16.9 Å². The summed E-state index contributed by atoms with van der Waals surface area (Å²) in [4.78, 5) is 4.36. The van der Waals surface area contributed by atoms with Crippen molar-refractivity contribution < 1.29 is 9.26 Å². The van der Waals surface area contributed by atoms with E-state index in [9.17, 15) is 0 Å². The molecule has 0 spiro atoms. The van der Waals surface area contributed by atoms with E-state index in [0.29, 0.717) is 11.7 Å². The summed E-state index contributed by atoms with van der Waals surface area (Å²) < 4.78 is 10.6. The molecule has 1 atom stereocenters. The van der Waals surface area contributed by atoms with Crippen molar-refractivity contribution in [3.8, 4) is 17.1 Å². The van der Waals surface area contributed by atoms with E-state index < -0.39 is 0 Å². The van der Waals surface area contributed by atoms with Gasteiger partial charge in [0.25, 0.3) is 0 Å². The fourth-order valence-corrected chi connectivity index (χ4v) is 1.75. The van der Waals surface area contributed by atoms with Crippen LogP contribution >= 0.6 is 0 Å². The summed E-state index contributed by atoms with van der Waals surface area (Å²) in [6.45, 7) is 6.03. The molecule has 0 unspecified atom stereocenters. The van der Waals surface area contributed by atoms with Crippen LogP contribution < -0.4 is 10.5 Å². The summed E-state index contributed by atoms with van der Waals surface area (Å²) in [7, 11) is 1.62. The maximum Gasteiger partial charge on any atom is 0.244 e. The second-order valence-electron chi connectivity index (χ2n) is 4.93. The van der Waals surface area contributed by atoms with E-state index in [1.165, 1.54) is 0 Å². The van der Waals surface area contributed by atoms with Crippen LogP contribution in [0, 0.1) is 12.8 Å². The average molecular weight is 261 g/mol. The van der Waals surface area contributed by atoms with Crippen molar-refractivity contribution in [1.82, 2.24) is 10.1 Å². The molecule has 0 fully saturated rings. The van der Waals surface area contributed by atoms with Gasteiger partial charge in [-0.15, -0.1) is 0 Å². The Morgan fingerprint density at radius 2 is 2.05 bits per heavy atom. The smallest absolute Gasteiger partial charge is 0.244 e. The SMILES string of the molecule is COc1cc(C)ccc1-c1noc([C@@H](N)C(C)C)n1. The highest BCUT2D eigenvalue weighted by Crippen LogP contribution is 2.29. The first kappa shape index (κ1) is 13.5. The van der Waals surface area contributed by atoms with Gasteiger partial charge in [0.15, 0.2) is 0 Å². The summed E-state index contributed by atoms with van der Waals surface area (Å²) in [5.41, 5.74) is 7.92. The first-order valence-electron chi connectivity index (χ1n) is 6.27. The van der Waals surface area contributed by atoms with Gasteiger partial charge in [0.1, 0.15) is 5.75 Å². The van der Waals surface area contributed by atoms with E-state index in [4.69, 9.17) is 15.0 Å². The Labute approximate surface area is 112 Å². The molecule has 0 saturated carbocycles. The van der Waals surface area contributed by atoms with Crippen molar-refractivity contribution in [3.05, 3.63) is 29.7 Å². The molecule has 19 heavy (non-hydrogen) atoms. The van der Waals surface area contributed by atoms with Crippen molar-refractivity contribution in [2.45, 2.75) is 26.8 Å². The predicted molar refractivity (Wildman–Crippen MR) is 72.8 cm³/mol. The van der Waals surface area contributed by atoms with Crippen LogP contribution in [0.4, 0.5) is 0 Å². The molecule has 2 rings (SSSR count). The number of benzene rings is 1. The molecular weight excluding hydrogens is 242 g/mol. The highest BCUT2D eigenvalue weighted by molar-refractivity contribution is 5.64. The Morgan fingerprint density at radius 3 is 2.68 bits per heavy atom. The maximum atomic E-state index is 6.00. The van der Waals surface area contributed by atoms with Gasteiger partial charge in [-0.3, -0.25) is 0 Å². The summed E-state index contributed by atoms with van der Waals surface area (Å²) in [6, 6.07) is 5.59. The molecule has 102 valence electrons. The van der Waals surface area contributed by atoms with Crippen molar-refractivity contribution in [1.29, 1.82) is 0 Å². The molecular formula is C14H19N3O2. The minimum Gasteiger partial charge on any atom is -0.496 e. The minimum absolute atomic E-state index is 0.244. The van der Waals surface area contributed by atoms with Crippen LogP contribution in [0.5, 0.6) is 5.75 Å². The third-order valence-corrected chi connectivity index (χ3v) is 3.04. The van der Waals surface area contributed by atoms with Gasteiger partial charge in [-0.25, -0.2) is 0 Å². The molecule has 1 aromatic carbocycles. The fraction of sp³-hybridized carbons (Fsp3) is 0.429. The molecule has 5 heteroatoms. The first-order valence-corrected chi connectivity index (χ1v) is 6.27. The maximum absolute atomic E-state index is 6.00. The number of aromatic nitrogens is 2. The van der Waals surface area contributed by atoms with Crippen LogP contribution in [-0.4, -0.2) is 17.3 Å². The van der Waals surface area contributed by atoms with Gasteiger partial charge in [-0.2, -0.15) is 4.98 Å². The van der Waals surface area contributed by atoms with Crippen LogP contribution in [0.1, 0.15) is 31.3 Å². The largest absolute Gasteiger partial charge is 0.496 e. The zero-order chi connectivity index (χ0) is 14.0. The predicted octanol–water partition coefficient (Wildman–Crippen LogP) is 2.71. The fourth-order valence-electron chi connectivity index (χ4n) is 1.75. The lowest BCUT2D eigenvalue weighted by Crippen LogP contribution is -2.16. The lowest BCUT2D eigenvalue weighted by atomic mass is 10.1. The number of hydrogen-bond donors (Lipinski definition) is 1. The van der Waals surface area contributed by atoms with Gasteiger partial charge in [0.05, 0.1) is 18.7 Å². The van der Waals surface area contributed by atoms with E-state index in [1.807, 2.05) is 39.0 Å². The van der Waals surface area contributed by atoms with Crippen molar-refractivity contribution in [2.75, 3.05) is 7.11 Å². The van der Waals surface area contributed by atoms with Gasteiger partial charge in [0, 0.05) is 0 Å². The number of aryl methyl sites for hydroxylation is 1. The van der Waals surface area contributed by atoms with Gasteiger partial charge in [-0.1, -0.05) is 25.1 Å². The summed E-state index contributed by atoms with van der Waals surface area (Å²) in [5.74, 6) is 1.93. The molecule has 5 nitrogen and oxygen atoms in total. The lowest BCUT2D eigenvalue weighted by Gasteiger charge is -2.09. The molecule has 0 radical (unpaired) electrons. The highest BCUT2D eigenvalue weighted by atomic mass is 16.5. The molecule has 0 bridgehead atoms. The standard InChI is InChI=1S/C14H19N3O2/c1-8(2)12(15)14-16-13(17-19-14)10-6-5-9(3)7-11(10)18-4/h5-8,12H,15H2,1-4H3/t12-/m0/s1. The summed E-state index contributed by atoms with van der Waals surface area (Å²) in [6.07, 6.45) is 0. The van der Waals surface area contributed by atoms with E-state index in [2.05, 4.69) is 10.1 Å². The molecule has 0 saturated heterocycles. The molecule has 0 aliphatic heterocycles. The van der Waals surface area contributed by atoms with Crippen LogP contribution in [0.15, 0.2) is 22.7 Å². The number of nitrogens with two attached hydrogens (primary N) is 1. The third-order valence-electron chi connectivity index (χ3n) is 3.04. The molecule has 0 aliphatic rings. The highest BCUT2D eigenvalue weighted by Gasteiger charge is 2.20. The Bertz CT molecular complexity index is 564. The van der Waals surface area contributed by atoms with E-state index in [-0.39, 0.29) is 12.0 Å². The van der Waals surface area contributed by atoms with Crippen molar-refractivity contribution in [2.24, 2.45) is 11.7 Å². The van der Waals surface area contributed by atoms with Crippen LogP contribution in [0.25, 0.3) is 11.4 Å². The number of hydrogen-bond acceptors (Lipinski definition) is 5. The second-order valence-corrected chi connectivity index (χ2v) is 4.93. The zero-order valence-electron chi connectivity index (χ0n) is 11.7. The van der Waals surface area contributed by atoms with Crippen molar-refractivity contribution >= 4 is 0 Å². The minimum atomic E-state index is -0.252. The average Bonchev–Trinajstić information content (AvgIpc) is 2.86. The van der Waals surface area contributed by atoms with Gasteiger partial charge < -0.3 is 15.0 Å². The van der Waals surface area contributed by atoms with Crippen LogP contribution in [0.3, 0.4) is 0 Å². The number of nitrogens with zero attached hydrogens (tertiary/aromatic N) is 2. The van der Waals surface area contributed by atoms with Gasteiger partial charge in [-0.05, 0) is 30.5 Å². The summed E-state index contributed by atoms with van der Waals surface area (Å²) >= 11 is 0. The Morgan fingerprint density at radius 1 is 1.32 bits per heavy atom. The van der Waals surface area contributed by atoms with Gasteiger partial charge >= 0.3 is 0 Å². The Hall–Kier alpha value is -1.88. The first-order chi connectivity index (χ1) is 9.02. The number of ether oxygens (including phenoxy) is 1. The Balaban J connectivity index is 2.38. The molecule has 0 aliphatic carbocycles. The number of rotatable bonds is 4. The third kappa shape index (κ3) is 2.76. The zero-order valence-corrected chi connectivity index (χ0v) is 11.7.